The normalized spacial score (nSPS) is 17.4. The molecule has 2 aliphatic carbocycles. The molecule has 3 N–H and O–H groups in total. The summed E-state index contributed by atoms with van der Waals surface area (Å²) < 4.78 is 13.0. The van der Waals surface area contributed by atoms with Gasteiger partial charge < -0.3 is 29.5 Å². The molecule has 1 atom stereocenters. The zero-order valence-electron chi connectivity index (χ0n) is 24.9. The first-order chi connectivity index (χ1) is 21.4. The molecule has 44 heavy (non-hydrogen) atoms. The second-order valence-electron chi connectivity index (χ2n) is 12.0. The molecule has 10 nitrogen and oxygen atoms in total. The molecule has 230 valence electrons. The van der Waals surface area contributed by atoms with Crippen molar-refractivity contribution >= 4 is 34.5 Å². The first-order valence-corrected chi connectivity index (χ1v) is 15.4. The Kier molecular flexibility index (Phi) is 8.52. The molecular formula is C34H38N4O6. The maximum absolute atomic E-state index is 13.7. The van der Waals surface area contributed by atoms with Gasteiger partial charge in [-0.15, -0.1) is 0 Å². The van der Waals surface area contributed by atoms with Crippen LogP contribution in [0, 0.1) is 0 Å². The van der Waals surface area contributed by atoms with E-state index >= 15 is 0 Å². The average Bonchev–Trinajstić information content (AvgIpc) is 3.81. The predicted octanol–water partition coefficient (Wildman–Crippen LogP) is 6.65. The number of aromatic nitrogens is 2. The number of furan rings is 1. The van der Waals surface area contributed by atoms with Gasteiger partial charge in [-0.2, -0.15) is 0 Å². The molecule has 2 aromatic carbocycles. The van der Waals surface area contributed by atoms with Crippen LogP contribution in [0.2, 0.25) is 0 Å². The van der Waals surface area contributed by atoms with E-state index in [1.54, 1.807) is 36.8 Å². The van der Waals surface area contributed by atoms with Gasteiger partial charge in [-0.25, -0.2) is 4.98 Å². The Bertz CT molecular complexity index is 1630. The van der Waals surface area contributed by atoms with E-state index in [1.807, 2.05) is 24.3 Å². The number of nitrogens with one attached hydrogen (secondary N) is 2. The number of benzene rings is 2. The summed E-state index contributed by atoms with van der Waals surface area (Å²) in [7, 11) is 1.47. The molecule has 2 aromatic heterocycles. The van der Waals surface area contributed by atoms with Crippen LogP contribution >= 0.6 is 0 Å². The number of amides is 2. The van der Waals surface area contributed by atoms with Crippen molar-refractivity contribution in [2.75, 3.05) is 12.4 Å². The summed E-state index contributed by atoms with van der Waals surface area (Å²) in [5.41, 5.74) is 3.32. The summed E-state index contributed by atoms with van der Waals surface area (Å²) in [6, 6.07) is 14.8. The fourth-order valence-electron chi connectivity index (χ4n) is 6.75. The van der Waals surface area contributed by atoms with E-state index in [0.29, 0.717) is 35.7 Å². The predicted molar refractivity (Wildman–Crippen MR) is 165 cm³/mol. The van der Waals surface area contributed by atoms with Gasteiger partial charge in [-0.3, -0.25) is 14.4 Å². The number of aliphatic carboxylic acids is 1. The number of ether oxygens (including phenoxy) is 1. The highest BCUT2D eigenvalue weighted by Gasteiger charge is 2.42. The van der Waals surface area contributed by atoms with Crippen molar-refractivity contribution in [2.45, 2.75) is 81.9 Å². The second-order valence-corrected chi connectivity index (χ2v) is 12.0. The highest BCUT2D eigenvalue weighted by molar-refractivity contribution is 6.05. The number of anilines is 1. The van der Waals surface area contributed by atoms with Crippen molar-refractivity contribution in [1.29, 1.82) is 0 Å². The van der Waals surface area contributed by atoms with E-state index in [1.165, 1.54) is 26.4 Å². The van der Waals surface area contributed by atoms with Crippen LogP contribution in [0.3, 0.4) is 0 Å². The van der Waals surface area contributed by atoms with E-state index in [2.05, 4.69) is 15.2 Å². The minimum absolute atomic E-state index is 0.158. The van der Waals surface area contributed by atoms with Crippen molar-refractivity contribution in [1.82, 2.24) is 14.9 Å². The third kappa shape index (κ3) is 5.99. The standard InChI is InChI=1S/C34H38N4O6/c1-43-29(20-30(39)40)22-9-12-25(13-10-22)35-33(42)34(16-5-6-17-34)37-32(41)23-11-14-28-27(19-23)36-31(24-15-18-44-21-24)38(28)26-7-3-2-4-8-26/h9-15,18-19,21,26,29H,2-8,16-17,20H2,1H3,(H,35,42)(H,37,41)(H,39,40). The maximum atomic E-state index is 13.7. The molecule has 0 aliphatic heterocycles. The van der Waals surface area contributed by atoms with Gasteiger partial charge in [0.1, 0.15) is 17.6 Å². The minimum atomic E-state index is -1.04. The molecule has 6 rings (SSSR count). The van der Waals surface area contributed by atoms with Gasteiger partial charge in [0.05, 0.1) is 35.4 Å². The lowest BCUT2D eigenvalue weighted by Crippen LogP contribution is -2.55. The van der Waals surface area contributed by atoms with Crippen LogP contribution in [-0.2, 0) is 14.3 Å². The number of carboxylic acids is 1. The number of hydrogen-bond acceptors (Lipinski definition) is 6. The molecule has 2 heterocycles. The van der Waals surface area contributed by atoms with E-state index < -0.39 is 17.6 Å². The number of nitrogens with zero attached hydrogens (tertiary/aromatic N) is 2. The quantitative estimate of drug-likeness (QED) is 0.186. The van der Waals surface area contributed by atoms with Gasteiger partial charge in [-0.05, 0) is 67.6 Å². The monoisotopic (exact) mass is 598 g/mol. The first kappa shape index (κ1) is 29.6. The van der Waals surface area contributed by atoms with Crippen LogP contribution in [-0.4, -0.2) is 45.1 Å². The smallest absolute Gasteiger partial charge is 0.306 e. The number of carbonyl (C=O) groups is 3. The lowest BCUT2D eigenvalue weighted by atomic mass is 9.94. The number of hydrogen-bond donors (Lipinski definition) is 3. The third-order valence-electron chi connectivity index (χ3n) is 9.10. The SMILES string of the molecule is COC(CC(=O)O)c1ccc(NC(=O)C2(NC(=O)c3ccc4c(c3)nc(-c3ccoc3)n4C3CCCCC3)CCCC2)cc1. The van der Waals surface area contributed by atoms with Gasteiger partial charge in [0.2, 0.25) is 5.91 Å². The molecule has 2 amide bonds. The number of imidazole rings is 1. The summed E-state index contributed by atoms with van der Waals surface area (Å²) in [5, 5.41) is 15.2. The number of carbonyl (C=O) groups excluding carboxylic acids is 2. The topological polar surface area (TPSA) is 136 Å². The highest BCUT2D eigenvalue weighted by atomic mass is 16.5. The molecule has 0 bridgehead atoms. The molecular weight excluding hydrogens is 560 g/mol. The van der Waals surface area contributed by atoms with Gasteiger partial charge >= 0.3 is 5.97 Å². The Morgan fingerprint density at radius 3 is 2.45 bits per heavy atom. The Hall–Kier alpha value is -4.44. The summed E-state index contributed by atoms with van der Waals surface area (Å²) in [4.78, 5) is 43.4. The fraction of sp³-hybridized carbons (Fsp3) is 0.412. The van der Waals surface area contributed by atoms with E-state index in [-0.39, 0.29) is 18.2 Å². The molecule has 2 fully saturated rings. The zero-order chi connectivity index (χ0) is 30.7. The number of rotatable bonds is 10. The van der Waals surface area contributed by atoms with Crippen molar-refractivity contribution in [3.05, 3.63) is 72.2 Å². The highest BCUT2D eigenvalue weighted by Crippen LogP contribution is 2.37. The fourth-order valence-corrected chi connectivity index (χ4v) is 6.75. The van der Waals surface area contributed by atoms with E-state index in [4.69, 9.17) is 19.2 Å². The lowest BCUT2D eigenvalue weighted by molar-refractivity contribution is -0.139. The van der Waals surface area contributed by atoms with Crippen LogP contribution in [0.1, 0.15) is 92.3 Å². The summed E-state index contributed by atoms with van der Waals surface area (Å²) >= 11 is 0. The second kappa shape index (κ2) is 12.7. The Labute approximate surface area is 255 Å². The molecule has 2 saturated carbocycles. The van der Waals surface area contributed by atoms with Crippen LogP contribution in [0.5, 0.6) is 0 Å². The van der Waals surface area contributed by atoms with Crippen molar-refractivity contribution in [3.8, 4) is 11.4 Å². The summed E-state index contributed by atoms with van der Waals surface area (Å²) in [5.74, 6) is -0.693. The molecule has 0 saturated heterocycles. The Balaban J connectivity index is 1.22. The molecule has 4 aromatic rings. The molecule has 2 aliphatic rings. The van der Waals surface area contributed by atoms with Crippen LogP contribution in [0.25, 0.3) is 22.4 Å². The van der Waals surface area contributed by atoms with Crippen molar-refractivity contribution in [2.24, 2.45) is 0 Å². The maximum Gasteiger partial charge on any atom is 0.306 e. The Morgan fingerprint density at radius 1 is 1.05 bits per heavy atom. The third-order valence-corrected chi connectivity index (χ3v) is 9.10. The van der Waals surface area contributed by atoms with Gasteiger partial charge in [-0.1, -0.05) is 44.2 Å². The Morgan fingerprint density at radius 2 is 1.80 bits per heavy atom. The van der Waals surface area contributed by atoms with Gasteiger partial charge in [0.25, 0.3) is 5.91 Å². The van der Waals surface area contributed by atoms with Crippen molar-refractivity contribution < 1.29 is 28.6 Å². The number of fused-ring (bicyclic) bond motifs is 1. The zero-order valence-corrected chi connectivity index (χ0v) is 24.9. The van der Waals surface area contributed by atoms with Crippen LogP contribution < -0.4 is 10.6 Å². The minimum Gasteiger partial charge on any atom is -0.481 e. The van der Waals surface area contributed by atoms with Gasteiger partial charge in [0.15, 0.2) is 0 Å². The lowest BCUT2D eigenvalue weighted by Gasteiger charge is -2.29. The molecule has 1 unspecified atom stereocenters. The summed E-state index contributed by atoms with van der Waals surface area (Å²) in [6.45, 7) is 0. The molecule has 0 radical (unpaired) electrons. The largest absolute Gasteiger partial charge is 0.481 e. The summed E-state index contributed by atoms with van der Waals surface area (Å²) in [6.07, 6.45) is 11.1. The first-order valence-electron chi connectivity index (χ1n) is 15.4. The molecule has 0 spiro atoms. The van der Waals surface area contributed by atoms with Crippen LogP contribution in [0.4, 0.5) is 5.69 Å². The van der Waals surface area contributed by atoms with Gasteiger partial charge in [0, 0.05) is 24.4 Å². The average molecular weight is 599 g/mol. The van der Waals surface area contributed by atoms with Crippen LogP contribution in [0.15, 0.2) is 65.5 Å². The number of methoxy groups -OCH3 is 1. The van der Waals surface area contributed by atoms with E-state index in [0.717, 1.165) is 48.1 Å². The number of carboxylic acid groups (broad SMARTS) is 1. The molecule has 10 heteroatoms. The van der Waals surface area contributed by atoms with E-state index in [9.17, 15) is 14.4 Å². The van der Waals surface area contributed by atoms with Crippen molar-refractivity contribution in [3.63, 3.8) is 0 Å².